The fourth-order valence-electron chi connectivity index (χ4n) is 11.7. The molecule has 13 rings (SSSR count). The number of rotatable bonds is 4. The maximum Gasteiger partial charge on any atom is 2.00 e. The van der Waals surface area contributed by atoms with Crippen molar-refractivity contribution in [2.45, 2.75) is 79.1 Å². The van der Waals surface area contributed by atoms with Gasteiger partial charge in [0, 0.05) is 22.3 Å². The molecular formula is C64H52N4Pt. The minimum atomic E-state index is 0. The molecular weight excluding hydrogens is 1020 g/mol. The van der Waals surface area contributed by atoms with E-state index in [0.29, 0.717) is 0 Å². The quantitative estimate of drug-likeness (QED) is 0.176. The summed E-state index contributed by atoms with van der Waals surface area (Å²) in [4.78, 5) is 23.9. The van der Waals surface area contributed by atoms with Gasteiger partial charge in [0.1, 0.15) is 0 Å². The van der Waals surface area contributed by atoms with Gasteiger partial charge >= 0.3 is 21.1 Å². The Kier molecular flexibility index (Phi) is 10.1. The van der Waals surface area contributed by atoms with Crippen LogP contribution >= 0.6 is 0 Å². The Balaban J connectivity index is 0.00000492. The molecule has 8 bridgehead atoms. The summed E-state index contributed by atoms with van der Waals surface area (Å²) < 4.78 is 0. The molecule has 0 spiro atoms. The molecule has 0 saturated carbocycles. The van der Waals surface area contributed by atoms with Crippen molar-refractivity contribution in [2.24, 2.45) is 0 Å². The molecule has 0 saturated heterocycles. The standard InChI is InChI=1S/C64H52N4.Pt/c1-33(2)53-57-45-25-37-17-9-11-19-39(37)27-47(45)59(65-57)54(34(3)4)61-49-29-41-21-13-15-23-43(41)31-51(49)63(67-61)56(36(7)8)64-52-32-44-24-16-14-22-42(44)30-50(52)62(68-64)55(35(5)6)60-48-28-40-20-12-10-18-38(40)26-46(48)58(53)66-60;/h9-36H,1-8H3;/q-2;+2. The van der Waals surface area contributed by atoms with Crippen LogP contribution in [0.1, 0.15) is 101 Å². The van der Waals surface area contributed by atoms with Crippen LogP contribution < -0.4 is 9.97 Å². The van der Waals surface area contributed by atoms with Crippen LogP contribution in [0.3, 0.4) is 0 Å². The zero-order chi connectivity index (χ0) is 46.3. The van der Waals surface area contributed by atoms with E-state index in [4.69, 9.17) is 19.9 Å². The molecule has 5 heteroatoms. The van der Waals surface area contributed by atoms with Crippen molar-refractivity contribution in [3.8, 4) is 45.0 Å². The molecule has 0 unspecified atom stereocenters. The van der Waals surface area contributed by atoms with Crippen LogP contribution in [0.5, 0.6) is 0 Å². The Morgan fingerprint density at radius 3 is 0.667 bits per heavy atom. The molecule has 2 aliphatic rings. The van der Waals surface area contributed by atoms with Crippen LogP contribution in [0.2, 0.25) is 0 Å². The van der Waals surface area contributed by atoms with E-state index in [2.05, 4.69) is 201 Å². The molecule has 0 fully saturated rings. The molecule has 0 atom stereocenters. The Morgan fingerprint density at radius 1 is 0.290 bits per heavy atom. The van der Waals surface area contributed by atoms with E-state index in [9.17, 15) is 0 Å². The van der Waals surface area contributed by atoms with E-state index in [0.717, 1.165) is 111 Å². The predicted octanol–water partition coefficient (Wildman–Crippen LogP) is 17.7. The van der Waals surface area contributed by atoms with Crippen LogP contribution in [0.4, 0.5) is 0 Å². The summed E-state index contributed by atoms with van der Waals surface area (Å²) in [6.45, 7) is 18.5. The van der Waals surface area contributed by atoms with Crippen molar-refractivity contribution in [1.82, 2.24) is 19.9 Å². The van der Waals surface area contributed by atoms with Crippen LogP contribution in [0, 0.1) is 0 Å². The summed E-state index contributed by atoms with van der Waals surface area (Å²) >= 11 is 0. The minimum Gasteiger partial charge on any atom is -0.656 e. The summed E-state index contributed by atoms with van der Waals surface area (Å²) in [6, 6.07) is 54.0. The second-order valence-corrected chi connectivity index (χ2v) is 20.5. The molecule has 4 nitrogen and oxygen atoms in total. The maximum atomic E-state index is 5.97. The molecule has 2 aliphatic heterocycles. The molecule has 3 aromatic heterocycles. The summed E-state index contributed by atoms with van der Waals surface area (Å²) in [7, 11) is 0. The predicted molar refractivity (Wildman–Crippen MR) is 289 cm³/mol. The number of benzene rings is 8. The van der Waals surface area contributed by atoms with Crippen molar-refractivity contribution in [3.05, 3.63) is 168 Å². The topological polar surface area (TPSA) is 54.0 Å². The number of fused-ring (bicyclic) bond motifs is 24. The average molecular weight is 1070 g/mol. The van der Waals surface area contributed by atoms with E-state index >= 15 is 0 Å². The van der Waals surface area contributed by atoms with Crippen LogP contribution in [-0.4, -0.2) is 9.97 Å². The first-order valence-corrected chi connectivity index (χ1v) is 24.5. The van der Waals surface area contributed by atoms with Gasteiger partial charge in [-0.15, -0.1) is 22.1 Å². The van der Waals surface area contributed by atoms with E-state index in [1.54, 1.807) is 0 Å². The van der Waals surface area contributed by atoms with E-state index < -0.39 is 0 Å². The first kappa shape index (κ1) is 43.4. The van der Waals surface area contributed by atoms with Gasteiger partial charge in [-0.2, -0.15) is 0 Å². The molecule has 8 aromatic carbocycles. The van der Waals surface area contributed by atoms with Crippen molar-refractivity contribution >= 4 is 86.7 Å². The molecule has 0 amide bonds. The van der Waals surface area contributed by atoms with Crippen LogP contribution in [0.25, 0.3) is 132 Å². The molecule has 5 heterocycles. The normalized spacial score (nSPS) is 12.5. The van der Waals surface area contributed by atoms with E-state index in [1.165, 1.54) is 43.1 Å². The van der Waals surface area contributed by atoms with E-state index in [-0.39, 0.29) is 44.7 Å². The fraction of sp³-hybridized carbons (Fsp3) is 0.188. The largest absolute Gasteiger partial charge is 2.00 e. The Morgan fingerprint density at radius 2 is 0.478 bits per heavy atom. The van der Waals surface area contributed by atoms with Crippen LogP contribution in [-0.2, 0) is 21.1 Å². The van der Waals surface area contributed by atoms with Crippen molar-refractivity contribution in [1.29, 1.82) is 0 Å². The molecule has 0 aliphatic carbocycles. The fourth-order valence-corrected chi connectivity index (χ4v) is 11.7. The van der Waals surface area contributed by atoms with E-state index in [1.807, 2.05) is 0 Å². The van der Waals surface area contributed by atoms with Gasteiger partial charge in [0.15, 0.2) is 0 Å². The van der Waals surface area contributed by atoms with Gasteiger partial charge in [0.05, 0.1) is 22.8 Å². The Hall–Kier alpha value is -6.87. The van der Waals surface area contributed by atoms with Crippen molar-refractivity contribution < 1.29 is 21.1 Å². The maximum absolute atomic E-state index is 5.97. The van der Waals surface area contributed by atoms with Gasteiger partial charge < -0.3 is 9.97 Å². The third-order valence-corrected chi connectivity index (χ3v) is 14.8. The van der Waals surface area contributed by atoms with Gasteiger partial charge in [-0.1, -0.05) is 152 Å². The van der Waals surface area contributed by atoms with Gasteiger partial charge in [-0.25, -0.2) is 9.97 Å². The Bertz CT molecular complexity index is 3640. The van der Waals surface area contributed by atoms with Crippen molar-refractivity contribution in [2.75, 3.05) is 0 Å². The zero-order valence-electron chi connectivity index (χ0n) is 40.3. The van der Waals surface area contributed by atoms with Gasteiger partial charge in [-0.3, -0.25) is 0 Å². The summed E-state index contributed by atoms with van der Waals surface area (Å²) in [5, 5.41) is 14.2. The number of aromatic nitrogens is 4. The average Bonchev–Trinajstić information content (AvgIpc) is 4.07. The van der Waals surface area contributed by atoms with Crippen molar-refractivity contribution in [3.63, 3.8) is 0 Å². The summed E-state index contributed by atoms with van der Waals surface area (Å²) in [6.07, 6.45) is 0. The molecule has 338 valence electrons. The number of hydrogen-bond acceptors (Lipinski definition) is 2. The zero-order valence-corrected chi connectivity index (χ0v) is 42.5. The van der Waals surface area contributed by atoms with Gasteiger partial charge in [0.2, 0.25) is 0 Å². The first-order valence-electron chi connectivity index (χ1n) is 24.5. The first-order chi connectivity index (χ1) is 33.0. The number of hydrogen-bond donors (Lipinski definition) is 0. The summed E-state index contributed by atoms with van der Waals surface area (Å²) in [5.74, 6) is 0.347. The second-order valence-electron chi connectivity index (χ2n) is 20.5. The summed E-state index contributed by atoms with van der Waals surface area (Å²) in [5.41, 5.74) is 17.1. The van der Waals surface area contributed by atoms with Crippen LogP contribution in [0.15, 0.2) is 146 Å². The second kappa shape index (κ2) is 16.1. The molecule has 0 N–H and O–H groups in total. The third kappa shape index (κ3) is 6.51. The smallest absolute Gasteiger partial charge is 0.656 e. The minimum absolute atomic E-state index is 0. The number of nitrogens with zero attached hydrogens (tertiary/aromatic N) is 4. The monoisotopic (exact) mass is 1070 g/mol. The Labute approximate surface area is 417 Å². The van der Waals surface area contributed by atoms with Gasteiger partial charge in [0.25, 0.3) is 0 Å². The molecule has 0 radical (unpaired) electrons. The third-order valence-electron chi connectivity index (χ3n) is 14.8. The SMILES string of the molecule is CC(C)c1c2nc(c(C(C)C)c3[n-]c(c(C(C)C)c4nc(c(C(C)C)c5[n-]c1c1cc6ccccc6cc51)-c1cc5ccccc5cc1-4)c1cc4ccccc4cc31)-c1cc3ccccc3cc1-2.[Pt+2]. The molecule has 11 aromatic rings. The molecule has 69 heavy (non-hydrogen) atoms. The van der Waals surface area contributed by atoms with Gasteiger partial charge in [-0.05, 0) is 159 Å².